The number of benzene rings is 2. The number of carbonyl (C=O) groups is 1. The molecule has 0 unspecified atom stereocenters. The van der Waals surface area contributed by atoms with Gasteiger partial charge in [-0.3, -0.25) is 0 Å². The van der Waals surface area contributed by atoms with Crippen molar-refractivity contribution in [1.29, 1.82) is 0 Å². The molecule has 0 aliphatic heterocycles. The summed E-state index contributed by atoms with van der Waals surface area (Å²) in [6.07, 6.45) is 0.652. The molecule has 0 bridgehead atoms. The zero-order valence-corrected chi connectivity index (χ0v) is 12.3. The molecule has 0 aliphatic carbocycles. The third-order valence-electron chi connectivity index (χ3n) is 3.26. The zero-order valence-electron chi connectivity index (χ0n) is 11.6. The minimum atomic E-state index is -1.48. The van der Waals surface area contributed by atoms with E-state index in [4.69, 9.17) is 16.7 Å². The van der Waals surface area contributed by atoms with Gasteiger partial charge in [-0.15, -0.1) is 0 Å². The Balaban J connectivity index is 2.31. The molecule has 0 atom stereocenters. The van der Waals surface area contributed by atoms with Gasteiger partial charge in [-0.1, -0.05) is 41.9 Å². The van der Waals surface area contributed by atoms with Crippen molar-refractivity contribution in [2.24, 2.45) is 0 Å². The van der Waals surface area contributed by atoms with Crippen LogP contribution in [0.15, 0.2) is 54.3 Å². The van der Waals surface area contributed by atoms with Gasteiger partial charge in [0.05, 0.1) is 0 Å². The molecule has 0 heterocycles. The second-order valence-corrected chi connectivity index (χ2v) is 5.18. The van der Waals surface area contributed by atoms with Crippen molar-refractivity contribution in [3.63, 3.8) is 0 Å². The predicted octanol–water partition coefficient (Wildman–Crippen LogP) is 4.47. The summed E-state index contributed by atoms with van der Waals surface area (Å²) in [6, 6.07) is 12.8. The summed E-state index contributed by atoms with van der Waals surface area (Å²) in [5.74, 6) is -2.88. The first-order valence-electron chi connectivity index (χ1n) is 6.64. The topological polar surface area (TPSA) is 57.5 Å². The average molecular weight is 321 g/mol. The van der Waals surface area contributed by atoms with Crippen LogP contribution in [0.5, 0.6) is 0 Å². The number of aryl methyl sites for hydroxylation is 1. The molecule has 114 valence electrons. The van der Waals surface area contributed by atoms with Crippen LogP contribution in [0.25, 0.3) is 5.57 Å². The van der Waals surface area contributed by atoms with Crippen LogP contribution in [0, 0.1) is 5.82 Å². The van der Waals surface area contributed by atoms with E-state index < -0.39 is 17.5 Å². The van der Waals surface area contributed by atoms with Crippen molar-refractivity contribution < 1.29 is 19.4 Å². The first kappa shape index (κ1) is 16.0. The smallest absolute Gasteiger partial charge is 0.371 e. The molecule has 2 aromatic carbocycles. The fourth-order valence-electron chi connectivity index (χ4n) is 2.14. The fourth-order valence-corrected chi connectivity index (χ4v) is 2.26. The van der Waals surface area contributed by atoms with Crippen LogP contribution in [-0.4, -0.2) is 16.2 Å². The molecule has 22 heavy (non-hydrogen) atoms. The summed E-state index contributed by atoms with van der Waals surface area (Å²) in [5, 5.41) is 19.4. The highest BCUT2D eigenvalue weighted by atomic mass is 35.5. The third-order valence-corrected chi connectivity index (χ3v) is 3.52. The summed E-state index contributed by atoms with van der Waals surface area (Å²) >= 11 is 5.81. The van der Waals surface area contributed by atoms with Crippen LogP contribution < -0.4 is 0 Å². The summed E-state index contributed by atoms with van der Waals surface area (Å²) < 4.78 is 13.9. The Bertz CT molecular complexity index is 708. The maximum Gasteiger partial charge on any atom is 0.371 e. The van der Waals surface area contributed by atoms with E-state index in [1.807, 2.05) is 0 Å². The van der Waals surface area contributed by atoms with Crippen molar-refractivity contribution in [2.75, 3.05) is 0 Å². The lowest BCUT2D eigenvalue weighted by Crippen LogP contribution is -2.05. The number of hydrogen-bond donors (Lipinski definition) is 2. The SMILES string of the molecule is O=C(O)/C(O)=C(/CCc1ccc(Cl)cc1)c1ccccc1F. The number of halogens is 2. The van der Waals surface area contributed by atoms with Crippen molar-refractivity contribution in [3.8, 4) is 0 Å². The van der Waals surface area contributed by atoms with Crippen LogP contribution >= 0.6 is 11.6 Å². The van der Waals surface area contributed by atoms with E-state index in [0.717, 1.165) is 5.56 Å². The Morgan fingerprint density at radius 2 is 1.68 bits per heavy atom. The van der Waals surface area contributed by atoms with Crippen LogP contribution in [-0.2, 0) is 11.2 Å². The van der Waals surface area contributed by atoms with Gasteiger partial charge in [-0.2, -0.15) is 0 Å². The normalized spacial score (nSPS) is 11.9. The maximum atomic E-state index is 13.9. The van der Waals surface area contributed by atoms with Crippen molar-refractivity contribution in [3.05, 3.63) is 76.3 Å². The molecule has 2 N–H and O–H groups in total. The quantitative estimate of drug-likeness (QED) is 0.631. The van der Waals surface area contributed by atoms with E-state index in [-0.39, 0.29) is 17.6 Å². The summed E-state index contributed by atoms with van der Waals surface area (Å²) in [6.45, 7) is 0. The van der Waals surface area contributed by atoms with Gasteiger partial charge in [0.15, 0.2) is 0 Å². The highest BCUT2D eigenvalue weighted by Gasteiger charge is 2.17. The predicted molar refractivity (Wildman–Crippen MR) is 83.4 cm³/mol. The van der Waals surface area contributed by atoms with Gasteiger partial charge < -0.3 is 10.2 Å². The summed E-state index contributed by atoms with van der Waals surface area (Å²) in [7, 11) is 0. The number of aliphatic hydroxyl groups excluding tert-OH is 1. The minimum absolute atomic E-state index is 0.0700. The van der Waals surface area contributed by atoms with E-state index in [0.29, 0.717) is 11.4 Å². The van der Waals surface area contributed by atoms with Gasteiger partial charge in [-0.25, -0.2) is 9.18 Å². The average Bonchev–Trinajstić information content (AvgIpc) is 2.50. The molecular formula is C17H14ClFO3. The fraction of sp³-hybridized carbons (Fsp3) is 0.118. The standard InChI is InChI=1S/C17H14ClFO3/c18-12-8-5-11(6-9-12)7-10-14(16(20)17(21)22)13-3-1-2-4-15(13)19/h1-6,8-9,20H,7,10H2,(H,21,22)/b16-14+. The van der Waals surface area contributed by atoms with Gasteiger partial charge in [-0.05, 0) is 36.6 Å². The van der Waals surface area contributed by atoms with Crippen LogP contribution in [0.4, 0.5) is 4.39 Å². The molecule has 2 aromatic rings. The number of aliphatic carboxylic acids is 1. The Morgan fingerprint density at radius 1 is 1.05 bits per heavy atom. The van der Waals surface area contributed by atoms with E-state index in [2.05, 4.69) is 0 Å². The van der Waals surface area contributed by atoms with Crippen molar-refractivity contribution in [2.45, 2.75) is 12.8 Å². The van der Waals surface area contributed by atoms with Crippen molar-refractivity contribution >= 4 is 23.1 Å². The maximum absolute atomic E-state index is 13.9. The number of carboxylic acid groups (broad SMARTS) is 1. The lowest BCUT2D eigenvalue weighted by molar-refractivity contribution is -0.135. The number of allylic oxidation sites excluding steroid dienone is 1. The molecule has 5 heteroatoms. The highest BCUT2D eigenvalue weighted by molar-refractivity contribution is 6.30. The summed E-state index contributed by atoms with van der Waals surface area (Å²) in [5.41, 5.74) is 1.08. The Morgan fingerprint density at radius 3 is 2.27 bits per heavy atom. The molecule has 0 amide bonds. The lowest BCUT2D eigenvalue weighted by Gasteiger charge is -2.10. The molecule has 0 spiro atoms. The minimum Gasteiger partial charge on any atom is -0.502 e. The van der Waals surface area contributed by atoms with Gasteiger partial charge in [0, 0.05) is 16.2 Å². The van der Waals surface area contributed by atoms with E-state index in [1.54, 1.807) is 30.3 Å². The molecule has 0 saturated carbocycles. The van der Waals surface area contributed by atoms with E-state index in [9.17, 15) is 14.3 Å². The molecular weight excluding hydrogens is 307 g/mol. The van der Waals surface area contributed by atoms with E-state index >= 15 is 0 Å². The molecule has 0 aromatic heterocycles. The van der Waals surface area contributed by atoms with Crippen LogP contribution in [0.1, 0.15) is 17.5 Å². The summed E-state index contributed by atoms with van der Waals surface area (Å²) in [4.78, 5) is 11.0. The highest BCUT2D eigenvalue weighted by Crippen LogP contribution is 2.26. The number of hydrogen-bond acceptors (Lipinski definition) is 2. The monoisotopic (exact) mass is 320 g/mol. The lowest BCUT2D eigenvalue weighted by atomic mass is 9.96. The second-order valence-electron chi connectivity index (χ2n) is 4.74. The molecule has 3 nitrogen and oxygen atoms in total. The Kier molecular flexibility index (Phi) is 5.17. The van der Waals surface area contributed by atoms with Gasteiger partial charge in [0.2, 0.25) is 5.76 Å². The van der Waals surface area contributed by atoms with Crippen molar-refractivity contribution in [1.82, 2.24) is 0 Å². The van der Waals surface area contributed by atoms with Gasteiger partial charge in [0.25, 0.3) is 0 Å². The van der Waals surface area contributed by atoms with Crippen LogP contribution in [0.3, 0.4) is 0 Å². The zero-order chi connectivity index (χ0) is 16.1. The first-order chi connectivity index (χ1) is 10.5. The molecule has 0 aliphatic rings. The van der Waals surface area contributed by atoms with Crippen LogP contribution in [0.2, 0.25) is 5.02 Å². The number of rotatable bonds is 5. The molecule has 0 saturated heterocycles. The van der Waals surface area contributed by atoms with E-state index in [1.165, 1.54) is 18.2 Å². The molecule has 0 fully saturated rings. The first-order valence-corrected chi connectivity index (χ1v) is 7.01. The molecule has 0 radical (unpaired) electrons. The third kappa shape index (κ3) is 3.86. The Hall–Kier alpha value is -2.33. The second kappa shape index (κ2) is 7.09. The Labute approximate surface area is 132 Å². The molecule has 2 rings (SSSR count). The number of carboxylic acids is 1. The largest absolute Gasteiger partial charge is 0.502 e. The number of aliphatic hydroxyl groups is 1. The van der Waals surface area contributed by atoms with Gasteiger partial charge >= 0.3 is 5.97 Å². The van der Waals surface area contributed by atoms with Gasteiger partial charge in [0.1, 0.15) is 5.82 Å².